The summed E-state index contributed by atoms with van der Waals surface area (Å²) in [5.74, 6) is 0.445. The van der Waals surface area contributed by atoms with Gasteiger partial charge in [0, 0.05) is 19.8 Å². The zero-order valence-electron chi connectivity index (χ0n) is 16.7. The number of hydrogen-bond donors (Lipinski definition) is 3. The molecule has 2 aliphatic rings. The number of aryl methyl sites for hydroxylation is 1. The lowest BCUT2D eigenvalue weighted by atomic mass is 9.89. The topological polar surface area (TPSA) is 123 Å². The molecular formula is C19H30N4O5S. The maximum atomic E-state index is 12.4. The van der Waals surface area contributed by atoms with Gasteiger partial charge in [-0.15, -0.1) is 0 Å². The van der Waals surface area contributed by atoms with E-state index in [0.29, 0.717) is 12.5 Å². The number of ether oxygens (including phenoxy) is 1. The van der Waals surface area contributed by atoms with E-state index in [1.165, 1.54) is 36.4 Å². The molecule has 3 atom stereocenters. The molecular weight excluding hydrogens is 396 g/mol. The fourth-order valence-corrected chi connectivity index (χ4v) is 4.98. The highest BCUT2D eigenvalue weighted by atomic mass is 32.2. The molecule has 3 rings (SSSR count). The van der Waals surface area contributed by atoms with Crippen LogP contribution >= 0.6 is 0 Å². The molecule has 0 saturated heterocycles. The summed E-state index contributed by atoms with van der Waals surface area (Å²) in [7, 11) is -2.17. The number of aliphatic hydroxyl groups is 1. The van der Waals surface area contributed by atoms with Crippen molar-refractivity contribution in [1.82, 2.24) is 19.6 Å². The van der Waals surface area contributed by atoms with Gasteiger partial charge in [-0.05, 0) is 18.8 Å². The number of carbonyl (C=O) groups excluding carboxylic acids is 1. The van der Waals surface area contributed by atoms with Crippen molar-refractivity contribution in [1.29, 1.82) is 0 Å². The number of hydrogen-bond acceptors (Lipinski definition) is 6. The summed E-state index contributed by atoms with van der Waals surface area (Å²) in [6.07, 6.45) is 11.0. The lowest BCUT2D eigenvalue weighted by Crippen LogP contribution is -2.49. The van der Waals surface area contributed by atoms with Gasteiger partial charge in [0.25, 0.3) is 10.0 Å². The number of nitrogens with one attached hydrogen (secondary N) is 2. The SMILES string of the molecule is Cn1cnc(S(=O)(=O)N[C@@H]2C=C[C@@H](CC(=O)NCC3CCCCC3)O[C@H]2CO)c1. The van der Waals surface area contributed by atoms with Gasteiger partial charge >= 0.3 is 0 Å². The maximum absolute atomic E-state index is 12.4. The number of nitrogens with zero attached hydrogens (tertiary/aromatic N) is 2. The number of amides is 1. The zero-order chi connectivity index (χ0) is 20.9. The van der Waals surface area contributed by atoms with E-state index in [1.54, 1.807) is 19.2 Å². The van der Waals surface area contributed by atoms with Gasteiger partial charge < -0.3 is 19.7 Å². The molecule has 0 unspecified atom stereocenters. The van der Waals surface area contributed by atoms with Gasteiger partial charge in [-0.2, -0.15) is 0 Å². The highest BCUT2D eigenvalue weighted by Crippen LogP contribution is 2.23. The van der Waals surface area contributed by atoms with E-state index >= 15 is 0 Å². The molecule has 1 fully saturated rings. The second-order valence-corrected chi connectivity index (χ2v) is 9.48. The molecule has 0 radical (unpaired) electrons. The minimum atomic E-state index is -3.85. The molecule has 29 heavy (non-hydrogen) atoms. The van der Waals surface area contributed by atoms with Crippen molar-refractivity contribution in [2.45, 2.75) is 61.8 Å². The third-order valence-corrected chi connectivity index (χ3v) is 6.75. The molecule has 1 amide bonds. The molecule has 162 valence electrons. The molecule has 2 heterocycles. The molecule has 0 bridgehead atoms. The van der Waals surface area contributed by atoms with Crippen LogP contribution in [0, 0.1) is 5.92 Å². The molecule has 3 N–H and O–H groups in total. The Balaban J connectivity index is 1.53. The van der Waals surface area contributed by atoms with Gasteiger partial charge in [-0.1, -0.05) is 31.4 Å². The lowest BCUT2D eigenvalue weighted by Gasteiger charge is -2.31. The Morgan fingerprint density at radius 2 is 2.07 bits per heavy atom. The number of carbonyl (C=O) groups is 1. The molecule has 1 aromatic heterocycles. The second kappa shape index (κ2) is 9.84. The van der Waals surface area contributed by atoms with Crippen molar-refractivity contribution in [3.63, 3.8) is 0 Å². The van der Waals surface area contributed by atoms with Crippen LogP contribution in [0.2, 0.25) is 0 Å². The van der Waals surface area contributed by atoms with Crippen molar-refractivity contribution in [2.75, 3.05) is 13.2 Å². The second-order valence-electron chi connectivity index (χ2n) is 7.82. The summed E-state index contributed by atoms with van der Waals surface area (Å²) >= 11 is 0. The van der Waals surface area contributed by atoms with Crippen LogP contribution in [0.4, 0.5) is 0 Å². The molecule has 1 aliphatic carbocycles. The number of sulfonamides is 1. The van der Waals surface area contributed by atoms with Crippen LogP contribution in [-0.4, -0.2) is 60.4 Å². The highest BCUT2D eigenvalue weighted by molar-refractivity contribution is 7.89. The minimum absolute atomic E-state index is 0.102. The Morgan fingerprint density at radius 1 is 1.31 bits per heavy atom. The third kappa shape index (κ3) is 6.11. The Kier molecular flexibility index (Phi) is 7.44. The van der Waals surface area contributed by atoms with E-state index < -0.39 is 28.3 Å². The number of rotatable bonds is 8. The van der Waals surface area contributed by atoms with Crippen LogP contribution in [0.5, 0.6) is 0 Å². The van der Waals surface area contributed by atoms with E-state index in [2.05, 4.69) is 15.0 Å². The normalized spacial score (nSPS) is 25.8. The molecule has 9 nitrogen and oxygen atoms in total. The molecule has 1 saturated carbocycles. The predicted molar refractivity (Wildman–Crippen MR) is 106 cm³/mol. The summed E-state index contributed by atoms with van der Waals surface area (Å²) in [5.41, 5.74) is 0. The number of aromatic nitrogens is 2. The van der Waals surface area contributed by atoms with Gasteiger partial charge in [0.15, 0.2) is 5.03 Å². The standard InChI is InChI=1S/C19H30N4O5S/c1-23-11-19(21-13-23)29(26,27)22-16-8-7-15(28-17(16)12-24)9-18(25)20-10-14-5-3-2-4-6-14/h7-8,11,13-17,22,24H,2-6,9-10,12H2,1H3,(H,20,25)/t15-,16+,17-/m0/s1. The summed E-state index contributed by atoms with van der Waals surface area (Å²) < 4.78 is 34.7. The molecule has 0 aromatic carbocycles. The van der Waals surface area contributed by atoms with E-state index in [4.69, 9.17) is 4.74 Å². The molecule has 1 aliphatic heterocycles. The van der Waals surface area contributed by atoms with E-state index in [-0.39, 0.29) is 24.0 Å². The fraction of sp³-hybridized carbons (Fsp3) is 0.684. The van der Waals surface area contributed by atoms with Crippen molar-refractivity contribution in [3.8, 4) is 0 Å². The fourth-order valence-electron chi connectivity index (χ4n) is 3.78. The first-order valence-corrected chi connectivity index (χ1v) is 11.6. The lowest BCUT2D eigenvalue weighted by molar-refractivity contribution is -0.125. The van der Waals surface area contributed by atoms with Crippen LogP contribution in [0.1, 0.15) is 38.5 Å². The van der Waals surface area contributed by atoms with Crippen LogP contribution in [0.15, 0.2) is 29.7 Å². The van der Waals surface area contributed by atoms with Crippen molar-refractivity contribution >= 4 is 15.9 Å². The predicted octanol–water partition coefficient (Wildman–Crippen LogP) is 0.470. The van der Waals surface area contributed by atoms with E-state index in [0.717, 1.165) is 12.8 Å². The van der Waals surface area contributed by atoms with Gasteiger partial charge in [0.05, 0.1) is 31.5 Å². The van der Waals surface area contributed by atoms with E-state index in [9.17, 15) is 18.3 Å². The Hall–Kier alpha value is -1.75. The minimum Gasteiger partial charge on any atom is -0.394 e. The van der Waals surface area contributed by atoms with Crippen LogP contribution in [0.25, 0.3) is 0 Å². The Labute approximate surface area is 171 Å². The van der Waals surface area contributed by atoms with Crippen molar-refractivity contribution in [2.24, 2.45) is 13.0 Å². The first-order chi connectivity index (χ1) is 13.9. The first-order valence-electron chi connectivity index (χ1n) is 10.1. The van der Waals surface area contributed by atoms with Gasteiger partial charge in [0.1, 0.15) is 6.10 Å². The number of aliphatic hydroxyl groups excluding tert-OH is 1. The summed E-state index contributed by atoms with van der Waals surface area (Å²) in [6.45, 7) is 0.311. The number of imidazole rings is 1. The smallest absolute Gasteiger partial charge is 0.260 e. The summed E-state index contributed by atoms with van der Waals surface area (Å²) in [6, 6.07) is -0.742. The first kappa shape index (κ1) is 21.9. The van der Waals surface area contributed by atoms with Gasteiger partial charge in [0.2, 0.25) is 5.91 Å². The Bertz CT molecular complexity index is 816. The zero-order valence-corrected chi connectivity index (χ0v) is 17.5. The van der Waals surface area contributed by atoms with Gasteiger partial charge in [-0.3, -0.25) is 4.79 Å². The highest BCUT2D eigenvalue weighted by Gasteiger charge is 2.32. The molecule has 1 aromatic rings. The third-order valence-electron chi connectivity index (χ3n) is 5.41. The summed E-state index contributed by atoms with van der Waals surface area (Å²) in [4.78, 5) is 16.1. The summed E-state index contributed by atoms with van der Waals surface area (Å²) in [5, 5.41) is 12.5. The molecule has 0 spiro atoms. The largest absolute Gasteiger partial charge is 0.394 e. The van der Waals surface area contributed by atoms with Crippen LogP contribution in [-0.2, 0) is 26.6 Å². The molecule has 10 heteroatoms. The average Bonchev–Trinajstić information content (AvgIpc) is 3.15. The van der Waals surface area contributed by atoms with Crippen molar-refractivity contribution < 1.29 is 23.1 Å². The quantitative estimate of drug-likeness (QED) is 0.520. The van der Waals surface area contributed by atoms with Gasteiger partial charge in [-0.25, -0.2) is 18.1 Å². The average molecular weight is 427 g/mol. The van der Waals surface area contributed by atoms with Crippen molar-refractivity contribution in [3.05, 3.63) is 24.7 Å². The van der Waals surface area contributed by atoms with E-state index in [1.807, 2.05) is 0 Å². The monoisotopic (exact) mass is 426 g/mol. The van der Waals surface area contributed by atoms with Crippen LogP contribution < -0.4 is 10.0 Å². The Morgan fingerprint density at radius 3 is 2.72 bits per heavy atom. The maximum Gasteiger partial charge on any atom is 0.260 e. The van der Waals surface area contributed by atoms with Crippen LogP contribution in [0.3, 0.4) is 0 Å².